The van der Waals surface area contributed by atoms with Crippen molar-refractivity contribution in [1.82, 2.24) is 14.5 Å². The van der Waals surface area contributed by atoms with Gasteiger partial charge in [0.1, 0.15) is 4.47 Å². The first-order chi connectivity index (χ1) is 8.91. The van der Waals surface area contributed by atoms with E-state index in [2.05, 4.69) is 26.5 Å². The number of rotatable bonds is 3. The lowest BCUT2D eigenvalue weighted by Gasteiger charge is -2.15. The van der Waals surface area contributed by atoms with Crippen molar-refractivity contribution in [3.8, 4) is 0 Å². The minimum Gasteiger partial charge on any atom is -0.291 e. The van der Waals surface area contributed by atoms with Crippen LogP contribution in [0.5, 0.6) is 0 Å². The maximum atomic E-state index is 12.1. The summed E-state index contributed by atoms with van der Waals surface area (Å²) in [6.07, 6.45) is 1.66. The fourth-order valence-electron chi connectivity index (χ4n) is 1.86. The number of anilines is 1. The van der Waals surface area contributed by atoms with Gasteiger partial charge in [0.2, 0.25) is 0 Å². The highest BCUT2D eigenvalue weighted by atomic mass is 79.9. The molecule has 0 saturated carbocycles. The largest absolute Gasteiger partial charge is 0.291 e. The molecule has 2 aromatic rings. The highest BCUT2D eigenvalue weighted by Crippen LogP contribution is 2.19. The van der Waals surface area contributed by atoms with E-state index in [1.807, 2.05) is 44.5 Å². The second-order valence-electron chi connectivity index (χ2n) is 4.78. The van der Waals surface area contributed by atoms with Gasteiger partial charge in [0.25, 0.3) is 5.56 Å². The van der Waals surface area contributed by atoms with E-state index in [1.54, 1.807) is 6.20 Å². The van der Waals surface area contributed by atoms with Crippen molar-refractivity contribution in [2.24, 2.45) is 0 Å². The van der Waals surface area contributed by atoms with E-state index in [-0.39, 0.29) is 11.6 Å². The van der Waals surface area contributed by atoms with Crippen molar-refractivity contribution in [2.75, 3.05) is 5.43 Å². The van der Waals surface area contributed by atoms with Crippen molar-refractivity contribution in [2.45, 2.75) is 33.7 Å². The number of halogens is 1. The number of hydrogen-bond donors (Lipinski definition) is 1. The highest BCUT2D eigenvalue weighted by molar-refractivity contribution is 9.10. The lowest BCUT2D eigenvalue weighted by Crippen LogP contribution is -2.27. The number of aryl methyl sites for hydroxylation is 2. The Bertz CT molecular complexity index is 638. The summed E-state index contributed by atoms with van der Waals surface area (Å²) in [6, 6.07) is 4.06. The second-order valence-corrected chi connectivity index (χ2v) is 5.57. The fourth-order valence-corrected chi connectivity index (χ4v) is 2.23. The van der Waals surface area contributed by atoms with Crippen LogP contribution in [0.2, 0.25) is 0 Å². The van der Waals surface area contributed by atoms with Crippen LogP contribution in [0.25, 0.3) is 0 Å². The van der Waals surface area contributed by atoms with Crippen LogP contribution in [-0.4, -0.2) is 14.5 Å². The Labute approximate surface area is 120 Å². The summed E-state index contributed by atoms with van der Waals surface area (Å²) in [5.41, 5.74) is 5.84. The quantitative estimate of drug-likeness (QED) is 0.944. The number of nitrogens with zero attached hydrogens (tertiary/aromatic N) is 3. The molecule has 5 nitrogen and oxygen atoms in total. The minimum absolute atomic E-state index is 0.0351. The first kappa shape index (κ1) is 13.9. The molecule has 0 aliphatic heterocycles. The normalized spacial score (nSPS) is 11.1. The molecular weight excluding hydrogens is 308 g/mol. The van der Waals surface area contributed by atoms with Gasteiger partial charge in [-0.2, -0.15) is 5.10 Å². The molecule has 0 aliphatic rings. The zero-order valence-corrected chi connectivity index (χ0v) is 13.0. The molecule has 0 unspecified atom stereocenters. The maximum Gasteiger partial charge on any atom is 0.283 e. The lowest BCUT2D eigenvalue weighted by molar-refractivity contribution is 0.501. The molecule has 0 saturated heterocycles. The smallest absolute Gasteiger partial charge is 0.283 e. The third-order valence-electron chi connectivity index (χ3n) is 2.94. The molecular formula is C13H17BrN4O. The molecule has 6 heteroatoms. The molecule has 0 amide bonds. The van der Waals surface area contributed by atoms with Gasteiger partial charge in [0, 0.05) is 11.4 Å². The van der Waals surface area contributed by atoms with Crippen LogP contribution in [-0.2, 0) is 0 Å². The molecule has 2 heterocycles. The Morgan fingerprint density at radius 2 is 1.84 bits per heavy atom. The summed E-state index contributed by atoms with van der Waals surface area (Å²) in [7, 11) is 0. The van der Waals surface area contributed by atoms with Crippen molar-refractivity contribution < 1.29 is 0 Å². The molecule has 0 aromatic carbocycles. The van der Waals surface area contributed by atoms with Crippen molar-refractivity contribution >= 4 is 21.6 Å². The molecule has 0 atom stereocenters. The van der Waals surface area contributed by atoms with E-state index in [0.717, 1.165) is 11.4 Å². The van der Waals surface area contributed by atoms with Gasteiger partial charge in [-0.1, -0.05) is 0 Å². The summed E-state index contributed by atoms with van der Waals surface area (Å²) < 4.78 is 3.86. The van der Waals surface area contributed by atoms with Gasteiger partial charge in [-0.15, -0.1) is 0 Å². The van der Waals surface area contributed by atoms with Crippen LogP contribution in [0.3, 0.4) is 0 Å². The SMILES string of the molecule is Cc1ccc(C)n1Nc1cnn(C(C)C)c(=O)c1Br. The van der Waals surface area contributed by atoms with Gasteiger partial charge in [-0.3, -0.25) is 14.9 Å². The summed E-state index contributed by atoms with van der Waals surface area (Å²) in [6.45, 7) is 7.84. The van der Waals surface area contributed by atoms with Crippen molar-refractivity contribution in [1.29, 1.82) is 0 Å². The van der Waals surface area contributed by atoms with Crippen molar-refractivity contribution in [3.63, 3.8) is 0 Å². The lowest BCUT2D eigenvalue weighted by atomic mass is 10.4. The number of aromatic nitrogens is 3. The Morgan fingerprint density at radius 1 is 1.26 bits per heavy atom. The molecule has 102 valence electrons. The van der Waals surface area contributed by atoms with Gasteiger partial charge >= 0.3 is 0 Å². The van der Waals surface area contributed by atoms with Crippen LogP contribution in [0, 0.1) is 13.8 Å². The first-order valence-corrected chi connectivity index (χ1v) is 6.90. The van der Waals surface area contributed by atoms with Gasteiger partial charge in [-0.05, 0) is 55.8 Å². The van der Waals surface area contributed by atoms with E-state index in [9.17, 15) is 4.79 Å². The van der Waals surface area contributed by atoms with E-state index in [1.165, 1.54) is 4.68 Å². The van der Waals surface area contributed by atoms with Crippen LogP contribution in [0.4, 0.5) is 5.69 Å². The molecule has 0 fully saturated rings. The van der Waals surface area contributed by atoms with E-state index < -0.39 is 0 Å². The molecule has 0 spiro atoms. The molecule has 1 N–H and O–H groups in total. The first-order valence-electron chi connectivity index (χ1n) is 6.11. The van der Waals surface area contributed by atoms with Crippen LogP contribution in [0.1, 0.15) is 31.3 Å². The fraction of sp³-hybridized carbons (Fsp3) is 0.385. The Morgan fingerprint density at radius 3 is 2.37 bits per heavy atom. The van der Waals surface area contributed by atoms with E-state index >= 15 is 0 Å². The molecule has 0 radical (unpaired) electrons. The molecule has 2 rings (SSSR count). The van der Waals surface area contributed by atoms with Gasteiger partial charge < -0.3 is 0 Å². The van der Waals surface area contributed by atoms with Crippen molar-refractivity contribution in [3.05, 3.63) is 44.5 Å². The van der Waals surface area contributed by atoms with E-state index in [0.29, 0.717) is 10.2 Å². The number of nitrogens with one attached hydrogen (secondary N) is 1. The molecule has 0 bridgehead atoms. The minimum atomic E-state index is -0.137. The topological polar surface area (TPSA) is 51.9 Å². The van der Waals surface area contributed by atoms with Crippen LogP contribution >= 0.6 is 15.9 Å². The predicted molar refractivity (Wildman–Crippen MR) is 79.5 cm³/mol. The Balaban J connectivity index is 2.43. The third-order valence-corrected chi connectivity index (χ3v) is 3.70. The van der Waals surface area contributed by atoms with Gasteiger partial charge in [-0.25, -0.2) is 4.68 Å². The predicted octanol–water partition coefficient (Wildman–Crippen LogP) is 2.88. The summed E-state index contributed by atoms with van der Waals surface area (Å²) in [5, 5.41) is 4.18. The highest BCUT2D eigenvalue weighted by Gasteiger charge is 2.12. The number of hydrogen-bond acceptors (Lipinski definition) is 3. The van der Waals surface area contributed by atoms with Gasteiger partial charge in [0.05, 0.1) is 17.9 Å². The average Bonchev–Trinajstić information content (AvgIpc) is 2.66. The third kappa shape index (κ3) is 2.58. The zero-order valence-electron chi connectivity index (χ0n) is 11.4. The summed E-state index contributed by atoms with van der Waals surface area (Å²) in [5.74, 6) is 0. The molecule has 0 aliphatic carbocycles. The van der Waals surface area contributed by atoms with E-state index in [4.69, 9.17) is 0 Å². The maximum absolute atomic E-state index is 12.1. The van der Waals surface area contributed by atoms with Crippen LogP contribution < -0.4 is 11.0 Å². The Kier molecular flexibility index (Phi) is 3.80. The molecule has 2 aromatic heterocycles. The average molecular weight is 325 g/mol. The van der Waals surface area contributed by atoms with Gasteiger partial charge in [0.15, 0.2) is 0 Å². The summed E-state index contributed by atoms with van der Waals surface area (Å²) >= 11 is 3.35. The second kappa shape index (κ2) is 5.21. The monoisotopic (exact) mass is 324 g/mol. The zero-order chi connectivity index (χ0) is 14.2. The standard InChI is InChI=1S/C13H17BrN4O/c1-8(2)17-13(19)12(14)11(7-15-17)16-18-9(3)5-6-10(18)4/h5-8,16H,1-4H3. The summed E-state index contributed by atoms with van der Waals surface area (Å²) in [4.78, 5) is 12.1. The van der Waals surface area contributed by atoms with Crippen LogP contribution in [0.15, 0.2) is 27.6 Å². The molecule has 19 heavy (non-hydrogen) atoms. The Hall–Kier alpha value is -1.56.